The molecule has 0 aromatic heterocycles. The summed E-state index contributed by atoms with van der Waals surface area (Å²) in [7, 11) is 0. The molecule has 220 valence electrons. The molecule has 0 saturated heterocycles. The summed E-state index contributed by atoms with van der Waals surface area (Å²) in [5, 5.41) is 5.62. The van der Waals surface area contributed by atoms with Crippen molar-refractivity contribution in [3.05, 3.63) is 193 Å². The highest BCUT2D eigenvalue weighted by Crippen LogP contribution is 2.42. The van der Waals surface area contributed by atoms with Crippen molar-refractivity contribution in [1.82, 2.24) is 0 Å². The minimum atomic E-state index is -0.373. The zero-order valence-corrected chi connectivity index (χ0v) is 25.5. The standard InChI is InChI=1S/C47H32/c1-2-11-32(12-3-1)39-27-28-44-46(30-39)45(31-40-17-10-16-35-14-6-7-18-41(35)40)42-19-8-9-20-43(42)47(44)36-24-21-34(22-25-36)38-26-23-33-13-4-5-15-37(33)29-38/h1-30H,31H2/i8D,9D,19D,20D,27D,28D,30D. The summed E-state index contributed by atoms with van der Waals surface area (Å²) in [6.07, 6.45) is 0.245. The van der Waals surface area contributed by atoms with Gasteiger partial charge in [-0.05, 0) is 106 Å². The first-order chi connectivity index (χ1) is 26.2. The lowest BCUT2D eigenvalue weighted by Crippen LogP contribution is -1.97. The van der Waals surface area contributed by atoms with E-state index in [1.807, 2.05) is 109 Å². The Morgan fingerprint density at radius 2 is 1.02 bits per heavy atom. The molecule has 9 aromatic rings. The number of hydrogen-bond acceptors (Lipinski definition) is 0. The van der Waals surface area contributed by atoms with E-state index in [0.29, 0.717) is 44.0 Å². The molecule has 0 bridgehead atoms. The highest BCUT2D eigenvalue weighted by atomic mass is 14.2. The van der Waals surface area contributed by atoms with Crippen molar-refractivity contribution in [3.8, 4) is 33.4 Å². The van der Waals surface area contributed by atoms with Gasteiger partial charge in [-0.2, -0.15) is 0 Å². The van der Waals surface area contributed by atoms with Gasteiger partial charge in [-0.15, -0.1) is 0 Å². The van der Waals surface area contributed by atoms with E-state index in [1.54, 1.807) is 0 Å². The van der Waals surface area contributed by atoms with Crippen molar-refractivity contribution in [2.75, 3.05) is 0 Å². The first-order valence-electron chi connectivity index (χ1n) is 19.3. The lowest BCUT2D eigenvalue weighted by Gasteiger charge is -2.19. The summed E-state index contributed by atoms with van der Waals surface area (Å²) in [6, 6.07) is 44.2. The van der Waals surface area contributed by atoms with Crippen LogP contribution < -0.4 is 0 Å². The first kappa shape index (κ1) is 20.9. The van der Waals surface area contributed by atoms with Crippen molar-refractivity contribution < 1.29 is 9.60 Å². The van der Waals surface area contributed by atoms with Gasteiger partial charge in [-0.3, -0.25) is 0 Å². The molecule has 0 spiro atoms. The van der Waals surface area contributed by atoms with Crippen LogP contribution in [0.3, 0.4) is 0 Å². The minimum Gasteiger partial charge on any atom is -0.0622 e. The fourth-order valence-electron chi connectivity index (χ4n) is 6.85. The Labute approximate surface area is 285 Å². The molecule has 0 N–H and O–H groups in total. The molecule has 0 radical (unpaired) electrons. The largest absolute Gasteiger partial charge is 0.0636 e. The summed E-state index contributed by atoms with van der Waals surface area (Å²) in [5.74, 6) is 0. The number of benzene rings is 9. The van der Waals surface area contributed by atoms with Gasteiger partial charge in [0.2, 0.25) is 0 Å². The second-order valence-electron chi connectivity index (χ2n) is 11.9. The molecular weight excluding hydrogens is 565 g/mol. The van der Waals surface area contributed by atoms with Crippen LogP contribution in [0.1, 0.15) is 20.7 Å². The van der Waals surface area contributed by atoms with E-state index >= 15 is 0 Å². The van der Waals surface area contributed by atoms with Gasteiger partial charge >= 0.3 is 0 Å². The Balaban J connectivity index is 1.41. The Morgan fingerprint density at radius 3 is 1.87 bits per heavy atom. The summed E-state index contributed by atoms with van der Waals surface area (Å²) >= 11 is 0. The van der Waals surface area contributed by atoms with Crippen LogP contribution in [0.15, 0.2) is 182 Å². The molecule has 0 amide bonds. The second kappa shape index (κ2) is 11.4. The third kappa shape index (κ3) is 4.87. The molecule has 0 nitrogen and oxygen atoms in total. The van der Waals surface area contributed by atoms with E-state index in [9.17, 15) is 6.85 Å². The molecule has 0 atom stereocenters. The average Bonchev–Trinajstić information content (AvgIpc) is 3.21. The van der Waals surface area contributed by atoms with E-state index in [2.05, 4.69) is 30.3 Å². The normalized spacial score (nSPS) is 13.6. The van der Waals surface area contributed by atoms with Crippen molar-refractivity contribution in [1.29, 1.82) is 0 Å². The molecule has 0 fully saturated rings. The SMILES string of the molecule is [2H]c1c([2H])c([2H])c2c(-c3ccc(-c4ccc5ccccc5c4)cc3)c3c([2H])c([2H])c(-c4ccccc4)c([2H])c3c(Cc3cccc4ccccc34)c2c1[2H]. The van der Waals surface area contributed by atoms with Crippen molar-refractivity contribution >= 4 is 43.1 Å². The molecular formula is C47H32. The molecule has 0 aliphatic rings. The highest BCUT2D eigenvalue weighted by Gasteiger charge is 2.17. The van der Waals surface area contributed by atoms with Gasteiger partial charge in [0.25, 0.3) is 0 Å². The minimum absolute atomic E-state index is 0.0516. The van der Waals surface area contributed by atoms with E-state index in [1.165, 1.54) is 0 Å². The topological polar surface area (TPSA) is 0 Å². The van der Waals surface area contributed by atoms with Gasteiger partial charge < -0.3 is 0 Å². The van der Waals surface area contributed by atoms with Gasteiger partial charge in [-0.1, -0.05) is 170 Å². The van der Waals surface area contributed by atoms with Gasteiger partial charge in [0.1, 0.15) is 0 Å². The second-order valence-corrected chi connectivity index (χ2v) is 11.9. The predicted octanol–water partition coefficient (Wildman–Crippen LogP) is 12.9. The zero-order valence-electron chi connectivity index (χ0n) is 32.5. The maximum atomic E-state index is 9.86. The molecule has 0 saturated carbocycles. The van der Waals surface area contributed by atoms with E-state index in [0.717, 1.165) is 38.2 Å². The van der Waals surface area contributed by atoms with Crippen LogP contribution in [-0.4, -0.2) is 0 Å². The van der Waals surface area contributed by atoms with Crippen LogP contribution in [0.5, 0.6) is 0 Å². The Morgan fingerprint density at radius 1 is 0.383 bits per heavy atom. The van der Waals surface area contributed by atoms with Crippen LogP contribution in [0.4, 0.5) is 0 Å². The molecule has 0 heteroatoms. The fourth-order valence-corrected chi connectivity index (χ4v) is 6.85. The predicted molar refractivity (Wildman–Crippen MR) is 202 cm³/mol. The van der Waals surface area contributed by atoms with Crippen molar-refractivity contribution in [2.45, 2.75) is 6.42 Å². The fraction of sp³-hybridized carbons (Fsp3) is 0.0213. The van der Waals surface area contributed by atoms with Crippen molar-refractivity contribution in [2.24, 2.45) is 0 Å². The zero-order chi connectivity index (χ0) is 37.2. The average molecular weight is 604 g/mol. The molecule has 0 aliphatic heterocycles. The lowest BCUT2D eigenvalue weighted by molar-refractivity contribution is 1.26. The summed E-state index contributed by atoms with van der Waals surface area (Å²) in [5.41, 5.74) is 5.46. The molecule has 0 aliphatic carbocycles. The first-order valence-corrected chi connectivity index (χ1v) is 15.8. The monoisotopic (exact) mass is 603 g/mol. The third-order valence-electron chi connectivity index (χ3n) is 9.17. The quantitative estimate of drug-likeness (QED) is 0.172. The third-order valence-corrected chi connectivity index (χ3v) is 9.17. The van der Waals surface area contributed by atoms with Gasteiger partial charge in [0.05, 0.1) is 9.60 Å². The summed E-state index contributed by atoms with van der Waals surface area (Å²) in [4.78, 5) is 0. The van der Waals surface area contributed by atoms with Gasteiger partial charge in [-0.25, -0.2) is 0 Å². The Bertz CT molecular complexity index is 2970. The highest BCUT2D eigenvalue weighted by molar-refractivity contribution is 6.16. The lowest BCUT2D eigenvalue weighted by atomic mass is 9.84. The Hall–Kier alpha value is -5.98. The van der Waals surface area contributed by atoms with E-state index in [-0.39, 0.29) is 54.1 Å². The van der Waals surface area contributed by atoms with Crippen LogP contribution in [0.25, 0.3) is 76.5 Å². The van der Waals surface area contributed by atoms with Crippen LogP contribution >= 0.6 is 0 Å². The molecule has 47 heavy (non-hydrogen) atoms. The van der Waals surface area contributed by atoms with E-state index < -0.39 is 0 Å². The summed E-state index contributed by atoms with van der Waals surface area (Å²) < 4.78 is 65.3. The van der Waals surface area contributed by atoms with E-state index in [4.69, 9.17) is 2.74 Å². The smallest absolute Gasteiger partial charge is 0.0622 e. The van der Waals surface area contributed by atoms with Crippen molar-refractivity contribution in [3.63, 3.8) is 0 Å². The van der Waals surface area contributed by atoms with Crippen LogP contribution in [0.2, 0.25) is 0 Å². The van der Waals surface area contributed by atoms with Crippen LogP contribution in [0, 0.1) is 0 Å². The molecule has 0 heterocycles. The number of hydrogen-bond donors (Lipinski definition) is 0. The number of rotatable bonds is 5. The molecule has 9 rings (SSSR count). The molecule has 0 unspecified atom stereocenters. The molecule has 9 aromatic carbocycles. The maximum Gasteiger partial charge on any atom is 0.0636 e. The Kier molecular flexibility index (Phi) is 5.09. The maximum absolute atomic E-state index is 9.86. The van der Waals surface area contributed by atoms with Gasteiger partial charge in [0.15, 0.2) is 0 Å². The number of fused-ring (bicyclic) bond motifs is 4. The summed E-state index contributed by atoms with van der Waals surface area (Å²) in [6.45, 7) is 0. The van der Waals surface area contributed by atoms with Crippen LogP contribution in [-0.2, 0) is 6.42 Å². The van der Waals surface area contributed by atoms with Gasteiger partial charge in [0, 0.05) is 0 Å².